The quantitative estimate of drug-likeness (QED) is 0.678. The van der Waals surface area contributed by atoms with Crippen LogP contribution >= 0.6 is 11.3 Å². The Hall–Kier alpha value is -2.47. The Morgan fingerprint density at radius 1 is 1.12 bits per heavy atom. The maximum Gasteiger partial charge on any atom is 0.348 e. The van der Waals surface area contributed by atoms with Crippen LogP contribution < -0.4 is 5.32 Å². The van der Waals surface area contributed by atoms with E-state index in [1.54, 1.807) is 6.92 Å². The van der Waals surface area contributed by atoms with Gasteiger partial charge in [-0.2, -0.15) is 0 Å². The fraction of sp³-hybridized carbons (Fsp3) is 0.316. The summed E-state index contributed by atoms with van der Waals surface area (Å²) in [6.45, 7) is 10.0. The molecule has 0 aliphatic rings. The van der Waals surface area contributed by atoms with Crippen LogP contribution in [0.5, 0.6) is 0 Å². The van der Waals surface area contributed by atoms with Gasteiger partial charge in [0.25, 0.3) is 0 Å². The number of carbonyl (C=O) groups excluding carboxylic acids is 1. The third-order valence-corrected chi connectivity index (χ3v) is 5.01. The first-order chi connectivity index (χ1) is 11.9. The lowest BCUT2D eigenvalue weighted by atomic mass is 10.1. The maximum atomic E-state index is 12.2. The number of benzene rings is 1. The summed E-state index contributed by atoms with van der Waals surface area (Å²) in [6.07, 6.45) is 0. The van der Waals surface area contributed by atoms with E-state index in [1.165, 1.54) is 22.5 Å². The number of anilines is 2. The van der Waals surface area contributed by atoms with Crippen molar-refractivity contribution in [3.63, 3.8) is 0 Å². The summed E-state index contributed by atoms with van der Waals surface area (Å²) < 4.78 is 5.16. The number of nitrogens with one attached hydrogen (secondary N) is 1. The van der Waals surface area contributed by atoms with E-state index in [9.17, 15) is 4.79 Å². The molecule has 3 aromatic rings. The number of esters is 1. The molecule has 0 saturated carbocycles. The maximum absolute atomic E-state index is 12.2. The van der Waals surface area contributed by atoms with Gasteiger partial charge in [-0.1, -0.05) is 6.07 Å². The highest BCUT2D eigenvalue weighted by Gasteiger charge is 2.21. The second-order valence-electron chi connectivity index (χ2n) is 6.08. The van der Waals surface area contributed by atoms with Crippen molar-refractivity contribution in [3.05, 3.63) is 45.6 Å². The zero-order valence-electron chi connectivity index (χ0n) is 15.1. The van der Waals surface area contributed by atoms with E-state index in [-0.39, 0.29) is 5.97 Å². The van der Waals surface area contributed by atoms with Gasteiger partial charge < -0.3 is 10.1 Å². The van der Waals surface area contributed by atoms with E-state index >= 15 is 0 Å². The highest BCUT2D eigenvalue weighted by Crippen LogP contribution is 2.35. The van der Waals surface area contributed by atoms with Gasteiger partial charge in [0, 0.05) is 5.69 Å². The third kappa shape index (κ3) is 3.49. The van der Waals surface area contributed by atoms with E-state index in [1.807, 2.05) is 13.8 Å². The number of aryl methyl sites for hydroxylation is 4. The van der Waals surface area contributed by atoms with Crippen LogP contribution in [0.1, 0.15) is 39.1 Å². The van der Waals surface area contributed by atoms with E-state index in [0.717, 1.165) is 27.3 Å². The highest BCUT2D eigenvalue weighted by molar-refractivity contribution is 7.20. The van der Waals surface area contributed by atoms with Crippen molar-refractivity contribution in [3.8, 4) is 0 Å². The molecule has 0 spiro atoms. The normalized spacial score (nSPS) is 10.9. The molecule has 130 valence electrons. The van der Waals surface area contributed by atoms with Gasteiger partial charge in [0.2, 0.25) is 0 Å². The first kappa shape index (κ1) is 17.4. The van der Waals surface area contributed by atoms with E-state index in [4.69, 9.17) is 4.74 Å². The fourth-order valence-electron chi connectivity index (χ4n) is 2.91. The monoisotopic (exact) mass is 355 g/mol. The second-order valence-corrected chi connectivity index (χ2v) is 7.08. The van der Waals surface area contributed by atoms with Gasteiger partial charge in [-0.25, -0.2) is 14.8 Å². The molecule has 0 bridgehead atoms. The molecule has 1 N–H and O–H groups in total. The predicted octanol–water partition coefficient (Wildman–Crippen LogP) is 4.85. The van der Waals surface area contributed by atoms with Gasteiger partial charge in [0.05, 0.1) is 12.0 Å². The molecule has 0 unspecified atom stereocenters. The summed E-state index contributed by atoms with van der Waals surface area (Å²) >= 11 is 1.35. The van der Waals surface area contributed by atoms with E-state index in [0.29, 0.717) is 17.3 Å². The molecule has 0 saturated heterocycles. The lowest BCUT2D eigenvalue weighted by Crippen LogP contribution is -2.04. The first-order valence-corrected chi connectivity index (χ1v) is 9.01. The molecule has 1 aromatic carbocycles. The number of aromatic nitrogens is 2. The summed E-state index contributed by atoms with van der Waals surface area (Å²) in [5.41, 5.74) is 4.18. The summed E-state index contributed by atoms with van der Waals surface area (Å²) in [6, 6.07) is 6.27. The molecule has 2 heterocycles. The smallest absolute Gasteiger partial charge is 0.348 e. The van der Waals surface area contributed by atoms with Crippen LogP contribution in [0.3, 0.4) is 0 Å². The molecule has 0 aliphatic carbocycles. The molecular weight excluding hydrogens is 334 g/mol. The van der Waals surface area contributed by atoms with Crippen LogP contribution in [0.15, 0.2) is 18.2 Å². The minimum atomic E-state index is -0.307. The average Bonchev–Trinajstić information content (AvgIpc) is 2.83. The van der Waals surface area contributed by atoms with E-state index < -0.39 is 0 Å². The molecule has 3 rings (SSSR count). The SMILES string of the molecule is CCOC(=O)c1sc2nc(C)nc(Nc3cc(C)cc(C)c3)c2c1C. The predicted molar refractivity (Wildman–Crippen MR) is 102 cm³/mol. The molecule has 0 amide bonds. The number of fused-ring (bicyclic) bond motifs is 1. The second kappa shape index (κ2) is 6.80. The topological polar surface area (TPSA) is 64.1 Å². The van der Waals surface area contributed by atoms with Crippen molar-refractivity contribution in [1.82, 2.24) is 9.97 Å². The van der Waals surface area contributed by atoms with Crippen LogP contribution in [0.4, 0.5) is 11.5 Å². The lowest BCUT2D eigenvalue weighted by Gasteiger charge is -2.10. The molecule has 0 atom stereocenters. The van der Waals surface area contributed by atoms with Crippen molar-refractivity contribution in [2.45, 2.75) is 34.6 Å². The van der Waals surface area contributed by atoms with Gasteiger partial charge in [-0.15, -0.1) is 11.3 Å². The Labute approximate surface area is 151 Å². The van der Waals surface area contributed by atoms with E-state index in [2.05, 4.69) is 47.3 Å². The van der Waals surface area contributed by atoms with Gasteiger partial charge in [0.15, 0.2) is 0 Å². The van der Waals surface area contributed by atoms with Crippen LogP contribution in [0, 0.1) is 27.7 Å². The molecule has 0 fully saturated rings. The zero-order valence-corrected chi connectivity index (χ0v) is 15.9. The number of hydrogen-bond donors (Lipinski definition) is 1. The van der Waals surface area contributed by atoms with Gasteiger partial charge in [0.1, 0.15) is 21.3 Å². The van der Waals surface area contributed by atoms with Crippen molar-refractivity contribution >= 4 is 39.0 Å². The minimum Gasteiger partial charge on any atom is -0.462 e. The average molecular weight is 355 g/mol. The molecular formula is C19H21N3O2S. The number of rotatable bonds is 4. The first-order valence-electron chi connectivity index (χ1n) is 8.19. The lowest BCUT2D eigenvalue weighted by molar-refractivity contribution is 0.0531. The van der Waals surface area contributed by atoms with Crippen LogP contribution in [0.25, 0.3) is 10.2 Å². The number of thiophene rings is 1. The summed E-state index contributed by atoms with van der Waals surface area (Å²) in [5, 5.41) is 4.27. The number of nitrogens with zero attached hydrogens (tertiary/aromatic N) is 2. The summed E-state index contributed by atoms with van der Waals surface area (Å²) in [7, 11) is 0. The number of hydrogen-bond acceptors (Lipinski definition) is 6. The largest absolute Gasteiger partial charge is 0.462 e. The minimum absolute atomic E-state index is 0.307. The van der Waals surface area contributed by atoms with Gasteiger partial charge >= 0.3 is 5.97 Å². The van der Waals surface area contributed by atoms with Gasteiger partial charge in [-0.05, 0) is 63.4 Å². The van der Waals surface area contributed by atoms with Gasteiger partial charge in [-0.3, -0.25) is 0 Å². The fourth-order valence-corrected chi connectivity index (χ4v) is 4.03. The van der Waals surface area contributed by atoms with Crippen molar-refractivity contribution in [2.75, 3.05) is 11.9 Å². The molecule has 5 nitrogen and oxygen atoms in total. The standard InChI is InChI=1S/C19H21N3O2S/c1-6-24-19(23)16-12(4)15-17(20-13(5)21-18(15)25-16)22-14-8-10(2)7-11(3)9-14/h7-9H,6H2,1-5H3,(H,20,21,22). The van der Waals surface area contributed by atoms with Crippen LogP contribution in [0.2, 0.25) is 0 Å². The van der Waals surface area contributed by atoms with Crippen LogP contribution in [-0.2, 0) is 4.74 Å². The molecule has 0 radical (unpaired) electrons. The van der Waals surface area contributed by atoms with Crippen LogP contribution in [-0.4, -0.2) is 22.5 Å². The Balaban J connectivity index is 2.12. The Bertz CT molecular complexity index is 943. The number of carbonyl (C=O) groups is 1. The zero-order chi connectivity index (χ0) is 18.1. The molecule has 2 aromatic heterocycles. The molecule has 25 heavy (non-hydrogen) atoms. The number of ether oxygens (including phenoxy) is 1. The molecule has 0 aliphatic heterocycles. The Morgan fingerprint density at radius 2 is 1.80 bits per heavy atom. The Kier molecular flexibility index (Phi) is 4.72. The molecule has 6 heteroatoms. The third-order valence-electron chi connectivity index (χ3n) is 3.85. The van der Waals surface area contributed by atoms with Crippen molar-refractivity contribution in [2.24, 2.45) is 0 Å². The Morgan fingerprint density at radius 3 is 2.44 bits per heavy atom. The summed E-state index contributed by atoms with van der Waals surface area (Å²) in [4.78, 5) is 22.6. The highest BCUT2D eigenvalue weighted by atomic mass is 32.1. The van der Waals surface area contributed by atoms with Crippen molar-refractivity contribution < 1.29 is 9.53 Å². The summed E-state index contributed by atoms with van der Waals surface area (Å²) in [5.74, 6) is 1.07. The van der Waals surface area contributed by atoms with Crippen molar-refractivity contribution in [1.29, 1.82) is 0 Å².